The van der Waals surface area contributed by atoms with Crippen molar-refractivity contribution in [1.82, 2.24) is 5.32 Å². The number of nitrogens with zero attached hydrogens (tertiary/aromatic N) is 1. The Bertz CT molecular complexity index is 780. The van der Waals surface area contributed by atoms with Crippen molar-refractivity contribution in [2.75, 3.05) is 13.1 Å². The van der Waals surface area contributed by atoms with Gasteiger partial charge in [-0.15, -0.1) is 0 Å². The molecule has 2 aromatic rings. The van der Waals surface area contributed by atoms with Crippen LogP contribution >= 0.6 is 0 Å². The van der Waals surface area contributed by atoms with E-state index in [-0.39, 0.29) is 11.3 Å². The summed E-state index contributed by atoms with van der Waals surface area (Å²) in [4.78, 5) is 17.1. The minimum atomic E-state index is -4.42. The summed E-state index contributed by atoms with van der Waals surface area (Å²) >= 11 is 0. The molecule has 0 atom stereocenters. The summed E-state index contributed by atoms with van der Waals surface area (Å²) in [6.07, 6.45) is -3.49. The Morgan fingerprint density at radius 3 is 2.38 bits per heavy atom. The highest BCUT2D eigenvalue weighted by Gasteiger charge is 2.30. The van der Waals surface area contributed by atoms with Crippen molar-refractivity contribution in [3.63, 3.8) is 0 Å². The van der Waals surface area contributed by atoms with Crippen LogP contribution in [0.3, 0.4) is 0 Å². The first-order valence-corrected chi connectivity index (χ1v) is 7.56. The van der Waals surface area contributed by atoms with E-state index in [4.69, 9.17) is 0 Å². The second kappa shape index (κ2) is 6.47. The third-order valence-electron chi connectivity index (χ3n) is 3.80. The molecule has 1 aliphatic rings. The molecule has 2 aromatic carbocycles. The van der Waals surface area contributed by atoms with Gasteiger partial charge in [-0.05, 0) is 18.6 Å². The molecule has 0 saturated heterocycles. The van der Waals surface area contributed by atoms with Gasteiger partial charge in [0.1, 0.15) is 5.84 Å². The Kier molecular flexibility index (Phi) is 4.38. The van der Waals surface area contributed by atoms with Gasteiger partial charge in [0, 0.05) is 29.8 Å². The Morgan fingerprint density at radius 1 is 1.04 bits per heavy atom. The van der Waals surface area contributed by atoms with Gasteiger partial charge in [0.2, 0.25) is 0 Å². The molecule has 0 bridgehead atoms. The number of alkyl halides is 3. The first-order valence-electron chi connectivity index (χ1n) is 7.56. The van der Waals surface area contributed by atoms with Gasteiger partial charge in [-0.1, -0.05) is 36.4 Å². The highest BCUT2D eigenvalue weighted by Crippen LogP contribution is 2.29. The van der Waals surface area contributed by atoms with Crippen LogP contribution < -0.4 is 5.32 Å². The van der Waals surface area contributed by atoms with Crippen LogP contribution in [0.2, 0.25) is 0 Å². The van der Waals surface area contributed by atoms with Crippen LogP contribution in [0.15, 0.2) is 53.5 Å². The minimum absolute atomic E-state index is 0.215. The molecule has 3 nitrogen and oxygen atoms in total. The molecular formula is C18H15F3N2O. The molecular weight excluding hydrogens is 317 g/mol. The fourth-order valence-electron chi connectivity index (χ4n) is 2.57. The fourth-order valence-corrected chi connectivity index (χ4v) is 2.57. The molecule has 124 valence electrons. The van der Waals surface area contributed by atoms with E-state index in [0.29, 0.717) is 23.5 Å². The monoisotopic (exact) mass is 332 g/mol. The van der Waals surface area contributed by atoms with Gasteiger partial charge >= 0.3 is 6.18 Å². The number of hydrogen-bond acceptors (Lipinski definition) is 3. The summed E-state index contributed by atoms with van der Waals surface area (Å²) in [7, 11) is 0. The third-order valence-corrected chi connectivity index (χ3v) is 3.80. The number of nitrogens with one attached hydrogen (secondary N) is 1. The topological polar surface area (TPSA) is 41.5 Å². The zero-order chi connectivity index (χ0) is 17.2. The first-order chi connectivity index (χ1) is 11.5. The standard InChI is InChI=1S/C18H15F3N2O/c19-18(20,21)13-8-6-12(7-9-13)16(24)14-4-1-2-5-15(14)17-22-10-3-11-23-17/h1-2,4-9H,3,10-11H2,(H,22,23). The average Bonchev–Trinajstić information content (AvgIpc) is 2.61. The molecule has 1 heterocycles. The second-order valence-corrected chi connectivity index (χ2v) is 5.46. The predicted octanol–water partition coefficient (Wildman–Crippen LogP) is 3.68. The SMILES string of the molecule is O=C(c1ccc(C(F)(F)F)cc1)c1ccccc1C1=NCCCN1. The van der Waals surface area contributed by atoms with Crippen LogP contribution in [0.1, 0.15) is 33.5 Å². The van der Waals surface area contributed by atoms with Crippen LogP contribution in [-0.4, -0.2) is 24.7 Å². The Labute approximate surface area is 137 Å². The van der Waals surface area contributed by atoms with E-state index >= 15 is 0 Å². The zero-order valence-corrected chi connectivity index (χ0v) is 12.7. The first kappa shape index (κ1) is 16.2. The zero-order valence-electron chi connectivity index (χ0n) is 12.7. The van der Waals surface area contributed by atoms with E-state index in [9.17, 15) is 18.0 Å². The number of rotatable bonds is 3. The minimum Gasteiger partial charge on any atom is -0.370 e. The molecule has 0 fully saturated rings. The van der Waals surface area contributed by atoms with Gasteiger partial charge in [-0.2, -0.15) is 13.2 Å². The van der Waals surface area contributed by atoms with Crippen molar-refractivity contribution < 1.29 is 18.0 Å². The number of hydrogen-bond donors (Lipinski definition) is 1. The molecule has 3 rings (SSSR count). The van der Waals surface area contributed by atoms with E-state index < -0.39 is 11.7 Å². The average molecular weight is 332 g/mol. The molecule has 0 saturated carbocycles. The van der Waals surface area contributed by atoms with Crippen molar-refractivity contribution in [3.8, 4) is 0 Å². The van der Waals surface area contributed by atoms with Gasteiger partial charge < -0.3 is 5.32 Å². The van der Waals surface area contributed by atoms with Crippen molar-refractivity contribution in [2.24, 2.45) is 4.99 Å². The van der Waals surface area contributed by atoms with Crippen LogP contribution in [0.4, 0.5) is 13.2 Å². The lowest BCUT2D eigenvalue weighted by atomic mass is 9.96. The number of benzene rings is 2. The van der Waals surface area contributed by atoms with Crippen molar-refractivity contribution >= 4 is 11.6 Å². The number of carbonyl (C=O) groups is 1. The molecule has 24 heavy (non-hydrogen) atoms. The molecule has 0 aromatic heterocycles. The summed E-state index contributed by atoms with van der Waals surface area (Å²) in [5.41, 5.74) is 0.532. The lowest BCUT2D eigenvalue weighted by molar-refractivity contribution is -0.137. The second-order valence-electron chi connectivity index (χ2n) is 5.46. The summed E-state index contributed by atoms with van der Waals surface area (Å²) in [6, 6.07) is 11.2. The molecule has 0 aliphatic carbocycles. The predicted molar refractivity (Wildman–Crippen MR) is 85.3 cm³/mol. The van der Waals surface area contributed by atoms with Crippen LogP contribution in [0.25, 0.3) is 0 Å². The third kappa shape index (κ3) is 3.32. The number of halogens is 3. The van der Waals surface area contributed by atoms with Crippen molar-refractivity contribution in [2.45, 2.75) is 12.6 Å². The van der Waals surface area contributed by atoms with Crippen molar-refractivity contribution in [3.05, 3.63) is 70.8 Å². The van der Waals surface area contributed by atoms with Crippen LogP contribution in [0.5, 0.6) is 0 Å². The van der Waals surface area contributed by atoms with E-state index in [1.807, 2.05) is 0 Å². The Hall–Kier alpha value is -2.63. The van der Waals surface area contributed by atoms with E-state index in [1.165, 1.54) is 12.1 Å². The summed E-state index contributed by atoms with van der Waals surface area (Å²) in [5, 5.41) is 3.16. The van der Waals surface area contributed by atoms with E-state index in [0.717, 1.165) is 25.1 Å². The summed E-state index contributed by atoms with van der Waals surface area (Å²) < 4.78 is 37.9. The maximum absolute atomic E-state index is 12.7. The van der Waals surface area contributed by atoms with Crippen LogP contribution in [-0.2, 0) is 6.18 Å². The van der Waals surface area contributed by atoms with Gasteiger partial charge in [0.05, 0.1) is 5.56 Å². The van der Waals surface area contributed by atoms with Crippen LogP contribution in [0, 0.1) is 0 Å². The molecule has 0 spiro atoms. The number of ketones is 1. The summed E-state index contributed by atoms with van der Waals surface area (Å²) in [5.74, 6) is 0.325. The lowest BCUT2D eigenvalue weighted by Crippen LogP contribution is -2.31. The molecule has 6 heteroatoms. The highest BCUT2D eigenvalue weighted by atomic mass is 19.4. The van der Waals surface area contributed by atoms with E-state index in [2.05, 4.69) is 10.3 Å². The van der Waals surface area contributed by atoms with Gasteiger partial charge in [-0.25, -0.2) is 0 Å². The summed E-state index contributed by atoms with van der Waals surface area (Å²) in [6.45, 7) is 1.47. The number of carbonyl (C=O) groups excluding carboxylic acids is 1. The molecule has 0 amide bonds. The number of aliphatic imine (C=N–C) groups is 1. The molecule has 0 radical (unpaired) electrons. The van der Waals surface area contributed by atoms with E-state index in [1.54, 1.807) is 24.3 Å². The molecule has 1 N–H and O–H groups in total. The fraction of sp³-hybridized carbons (Fsp3) is 0.222. The largest absolute Gasteiger partial charge is 0.416 e. The quantitative estimate of drug-likeness (QED) is 0.871. The Balaban J connectivity index is 1.95. The number of amidine groups is 1. The van der Waals surface area contributed by atoms with Gasteiger partial charge in [-0.3, -0.25) is 9.79 Å². The van der Waals surface area contributed by atoms with Gasteiger partial charge in [0.25, 0.3) is 0 Å². The maximum atomic E-state index is 12.7. The molecule has 1 aliphatic heterocycles. The Morgan fingerprint density at radius 2 is 1.75 bits per heavy atom. The van der Waals surface area contributed by atoms with Gasteiger partial charge in [0.15, 0.2) is 5.78 Å². The molecule has 0 unspecified atom stereocenters. The van der Waals surface area contributed by atoms with Crippen molar-refractivity contribution in [1.29, 1.82) is 0 Å². The lowest BCUT2D eigenvalue weighted by Gasteiger charge is -2.17. The normalized spacial score (nSPS) is 14.7. The highest BCUT2D eigenvalue weighted by molar-refractivity contribution is 6.16. The maximum Gasteiger partial charge on any atom is 0.416 e. The smallest absolute Gasteiger partial charge is 0.370 e.